The van der Waals surface area contributed by atoms with Gasteiger partial charge in [-0.25, -0.2) is 0 Å². The molecule has 2 aromatic carbocycles. The molecule has 4 heteroatoms. The van der Waals surface area contributed by atoms with E-state index in [1.165, 1.54) is 56.9 Å². The Morgan fingerprint density at radius 3 is 2.62 bits per heavy atom. The molecule has 1 aliphatic rings. The van der Waals surface area contributed by atoms with E-state index in [0.29, 0.717) is 5.75 Å². The summed E-state index contributed by atoms with van der Waals surface area (Å²) in [6.07, 6.45) is 7.91. The number of carbonyl (C=O) groups is 1. The number of hydrogen-bond donors (Lipinski definition) is 1. The monoisotopic (exact) mass is 390 g/mol. The first-order valence-corrected chi connectivity index (χ1v) is 10.8. The van der Waals surface area contributed by atoms with Gasteiger partial charge in [0, 0.05) is 24.0 Å². The summed E-state index contributed by atoms with van der Waals surface area (Å²) in [5, 5.41) is 1.05. The van der Waals surface area contributed by atoms with Gasteiger partial charge < -0.3 is 14.6 Å². The van der Waals surface area contributed by atoms with Gasteiger partial charge in [-0.05, 0) is 80.9 Å². The van der Waals surface area contributed by atoms with Crippen LogP contribution in [0.2, 0.25) is 0 Å². The van der Waals surface area contributed by atoms with Crippen LogP contribution in [-0.2, 0) is 11.2 Å². The van der Waals surface area contributed by atoms with E-state index in [4.69, 9.17) is 4.74 Å². The molecule has 0 spiro atoms. The molecule has 1 N–H and O–H groups in total. The number of aromatic nitrogens is 1. The van der Waals surface area contributed by atoms with Crippen LogP contribution in [0.4, 0.5) is 0 Å². The zero-order valence-corrected chi connectivity index (χ0v) is 17.2. The highest BCUT2D eigenvalue weighted by Gasteiger charge is 2.20. The van der Waals surface area contributed by atoms with Crippen molar-refractivity contribution in [3.8, 4) is 5.75 Å². The van der Waals surface area contributed by atoms with Crippen molar-refractivity contribution in [2.24, 2.45) is 0 Å². The van der Waals surface area contributed by atoms with Gasteiger partial charge in [-0.1, -0.05) is 36.4 Å². The Labute approximate surface area is 172 Å². The van der Waals surface area contributed by atoms with Gasteiger partial charge >= 0.3 is 5.97 Å². The van der Waals surface area contributed by atoms with Crippen LogP contribution in [0.1, 0.15) is 49.7 Å². The largest absolute Gasteiger partial charge is 0.426 e. The van der Waals surface area contributed by atoms with Crippen LogP contribution in [0.15, 0.2) is 54.7 Å². The summed E-state index contributed by atoms with van der Waals surface area (Å²) in [5.41, 5.74) is 3.76. The number of ether oxygens (including phenoxy) is 1. The summed E-state index contributed by atoms with van der Waals surface area (Å²) >= 11 is 0. The van der Waals surface area contributed by atoms with Crippen molar-refractivity contribution >= 4 is 16.9 Å². The number of piperidine rings is 1. The fourth-order valence-corrected chi connectivity index (χ4v) is 4.52. The number of likely N-dealkylation sites (tertiary alicyclic amines) is 1. The third kappa shape index (κ3) is 4.88. The van der Waals surface area contributed by atoms with Gasteiger partial charge in [0.15, 0.2) is 0 Å². The number of fused-ring (bicyclic) bond motifs is 1. The Morgan fingerprint density at radius 2 is 1.86 bits per heavy atom. The van der Waals surface area contributed by atoms with Crippen LogP contribution in [0.5, 0.6) is 5.75 Å². The minimum Gasteiger partial charge on any atom is -0.426 e. The highest BCUT2D eigenvalue weighted by atomic mass is 16.5. The van der Waals surface area contributed by atoms with Gasteiger partial charge in [-0.3, -0.25) is 4.79 Å². The normalized spacial score (nSPS) is 15.6. The molecule has 3 aromatic rings. The lowest BCUT2D eigenvalue weighted by atomic mass is 9.89. The summed E-state index contributed by atoms with van der Waals surface area (Å²) in [6, 6.07) is 16.8. The number of carbonyl (C=O) groups excluding carboxylic acids is 1. The predicted molar refractivity (Wildman–Crippen MR) is 117 cm³/mol. The molecule has 29 heavy (non-hydrogen) atoms. The van der Waals surface area contributed by atoms with Crippen LogP contribution in [-0.4, -0.2) is 35.5 Å². The molecule has 1 saturated heterocycles. The number of nitrogens with zero attached hydrogens (tertiary/aromatic N) is 1. The van der Waals surface area contributed by atoms with E-state index in [1.807, 2.05) is 18.2 Å². The molecule has 4 rings (SSSR count). The van der Waals surface area contributed by atoms with Gasteiger partial charge in [-0.2, -0.15) is 0 Å². The second-order valence-corrected chi connectivity index (χ2v) is 8.07. The molecule has 1 aliphatic heterocycles. The number of aromatic amines is 1. The van der Waals surface area contributed by atoms with E-state index in [2.05, 4.69) is 46.4 Å². The molecule has 0 unspecified atom stereocenters. The fourth-order valence-electron chi connectivity index (χ4n) is 4.52. The number of hydrogen-bond acceptors (Lipinski definition) is 3. The van der Waals surface area contributed by atoms with Gasteiger partial charge in [0.05, 0.1) is 0 Å². The molecule has 0 amide bonds. The van der Waals surface area contributed by atoms with Gasteiger partial charge in [-0.15, -0.1) is 0 Å². The van der Waals surface area contributed by atoms with Gasteiger partial charge in [0.2, 0.25) is 0 Å². The number of unbranched alkanes of at least 4 members (excludes halogenated alkanes) is 1. The van der Waals surface area contributed by atoms with Crippen molar-refractivity contribution in [2.75, 3.05) is 19.6 Å². The second-order valence-electron chi connectivity index (χ2n) is 8.07. The van der Waals surface area contributed by atoms with Crippen LogP contribution in [0.25, 0.3) is 10.9 Å². The van der Waals surface area contributed by atoms with E-state index < -0.39 is 0 Å². The number of esters is 1. The number of rotatable bonds is 7. The topological polar surface area (TPSA) is 45.3 Å². The molecule has 1 aromatic heterocycles. The summed E-state index contributed by atoms with van der Waals surface area (Å²) in [5.74, 6) is 1.11. The number of aryl methyl sites for hydroxylation is 1. The van der Waals surface area contributed by atoms with Crippen molar-refractivity contribution in [1.82, 2.24) is 9.88 Å². The maximum Gasteiger partial charge on any atom is 0.308 e. The Bertz CT molecular complexity index is 940. The van der Waals surface area contributed by atoms with Crippen LogP contribution in [0.3, 0.4) is 0 Å². The lowest BCUT2D eigenvalue weighted by Gasteiger charge is -2.32. The quantitative estimate of drug-likeness (QED) is 0.338. The van der Waals surface area contributed by atoms with Crippen molar-refractivity contribution in [1.29, 1.82) is 0 Å². The smallest absolute Gasteiger partial charge is 0.308 e. The van der Waals surface area contributed by atoms with Crippen molar-refractivity contribution in [2.45, 2.75) is 44.9 Å². The third-order valence-corrected chi connectivity index (χ3v) is 6.03. The predicted octanol–water partition coefficient (Wildman–Crippen LogP) is 5.30. The zero-order chi connectivity index (χ0) is 20.1. The molecular formula is C25H30N2O2. The summed E-state index contributed by atoms with van der Waals surface area (Å²) < 4.78 is 5.41. The first kappa shape index (κ1) is 19.7. The van der Waals surface area contributed by atoms with E-state index in [9.17, 15) is 4.79 Å². The molecule has 2 heterocycles. The molecule has 4 nitrogen and oxygen atoms in total. The van der Waals surface area contributed by atoms with E-state index >= 15 is 0 Å². The highest BCUT2D eigenvalue weighted by Crippen LogP contribution is 2.30. The first-order chi connectivity index (χ1) is 14.2. The van der Waals surface area contributed by atoms with Crippen molar-refractivity contribution in [3.05, 3.63) is 65.9 Å². The summed E-state index contributed by atoms with van der Waals surface area (Å²) in [6.45, 7) is 5.01. The first-order valence-electron chi connectivity index (χ1n) is 10.8. The maximum atomic E-state index is 11.4. The maximum absolute atomic E-state index is 11.4. The number of H-pyrrole nitrogens is 1. The van der Waals surface area contributed by atoms with E-state index in [0.717, 1.165) is 29.7 Å². The lowest BCUT2D eigenvalue weighted by Crippen LogP contribution is -2.33. The van der Waals surface area contributed by atoms with E-state index in [1.54, 1.807) is 0 Å². The molecule has 1 fully saturated rings. The van der Waals surface area contributed by atoms with Crippen LogP contribution < -0.4 is 4.74 Å². The van der Waals surface area contributed by atoms with Crippen molar-refractivity contribution in [3.63, 3.8) is 0 Å². The SMILES string of the molecule is CC(=O)Oc1cccc2[nH]cc(CCCCN3CCC(c4ccccc4)CC3)c12. The molecule has 0 radical (unpaired) electrons. The van der Waals surface area contributed by atoms with Gasteiger partial charge in [0.25, 0.3) is 0 Å². The van der Waals surface area contributed by atoms with Crippen molar-refractivity contribution < 1.29 is 9.53 Å². The third-order valence-electron chi connectivity index (χ3n) is 6.03. The fraction of sp³-hybridized carbons (Fsp3) is 0.400. The van der Waals surface area contributed by atoms with Crippen LogP contribution >= 0.6 is 0 Å². The Balaban J connectivity index is 1.26. The van der Waals surface area contributed by atoms with Gasteiger partial charge in [0.1, 0.15) is 5.75 Å². The lowest BCUT2D eigenvalue weighted by molar-refractivity contribution is -0.131. The Kier molecular flexibility index (Phi) is 6.30. The molecule has 0 saturated carbocycles. The average Bonchev–Trinajstić information content (AvgIpc) is 3.16. The van der Waals surface area contributed by atoms with E-state index in [-0.39, 0.29) is 5.97 Å². The minimum absolute atomic E-state index is 0.274. The zero-order valence-electron chi connectivity index (χ0n) is 17.2. The molecule has 0 bridgehead atoms. The average molecular weight is 391 g/mol. The highest BCUT2D eigenvalue weighted by molar-refractivity contribution is 5.91. The standard InChI is InChI=1S/C25H30N2O2/c1-19(28)29-24-12-7-11-23-25(24)22(18-26-23)10-5-6-15-27-16-13-21(14-17-27)20-8-3-2-4-9-20/h2-4,7-9,11-12,18,21,26H,5-6,10,13-17H2,1H3. The summed E-state index contributed by atoms with van der Waals surface area (Å²) in [7, 11) is 0. The minimum atomic E-state index is -0.274. The second kappa shape index (κ2) is 9.27. The Hall–Kier alpha value is -2.59. The molecule has 0 atom stereocenters. The molecule has 152 valence electrons. The molecular weight excluding hydrogens is 360 g/mol. The Morgan fingerprint density at radius 1 is 1.07 bits per heavy atom. The van der Waals surface area contributed by atoms with Crippen LogP contribution in [0, 0.1) is 0 Å². The summed E-state index contributed by atoms with van der Waals surface area (Å²) in [4.78, 5) is 17.3. The molecule has 0 aliphatic carbocycles. The number of benzene rings is 2. The number of nitrogens with one attached hydrogen (secondary N) is 1.